The number of nitrogens with zero attached hydrogens (tertiary/aromatic N) is 2. The van der Waals surface area contributed by atoms with Crippen molar-refractivity contribution in [2.45, 2.75) is 60.0 Å². The molecule has 1 aromatic heterocycles. The second-order valence-electron chi connectivity index (χ2n) is 5.77. The van der Waals surface area contributed by atoms with Crippen molar-refractivity contribution < 1.29 is 0 Å². The van der Waals surface area contributed by atoms with E-state index in [1.165, 1.54) is 0 Å². The Bertz CT molecular complexity index is 366. The van der Waals surface area contributed by atoms with Crippen molar-refractivity contribution in [3.63, 3.8) is 0 Å². The average Bonchev–Trinajstić information content (AvgIpc) is 2.64. The number of nitrogens with one attached hydrogen (secondary N) is 1. The van der Waals surface area contributed by atoms with E-state index in [4.69, 9.17) is 11.6 Å². The number of hydrogen-bond acceptors (Lipinski definition) is 2. The standard InChI is InChI=1S/C14H26ClN3/c1-6-16-13(14(3,4)5)9-8-12-11(15)10-17-18(12)7-2/h10,13,16H,6-9H2,1-5H3. The van der Waals surface area contributed by atoms with Gasteiger partial charge in [-0.15, -0.1) is 0 Å². The van der Waals surface area contributed by atoms with E-state index in [2.05, 4.69) is 45.0 Å². The molecule has 0 aliphatic rings. The van der Waals surface area contributed by atoms with Crippen LogP contribution >= 0.6 is 11.6 Å². The number of aromatic nitrogens is 2. The van der Waals surface area contributed by atoms with Gasteiger partial charge >= 0.3 is 0 Å². The first-order valence-corrected chi connectivity index (χ1v) is 7.21. The van der Waals surface area contributed by atoms with Gasteiger partial charge in [0.2, 0.25) is 0 Å². The van der Waals surface area contributed by atoms with Crippen LogP contribution in [0.15, 0.2) is 6.20 Å². The molecule has 0 aliphatic heterocycles. The molecule has 1 unspecified atom stereocenters. The van der Waals surface area contributed by atoms with Crippen LogP contribution in [0, 0.1) is 5.41 Å². The molecule has 0 fully saturated rings. The molecule has 1 rings (SSSR count). The molecule has 0 aliphatic carbocycles. The minimum Gasteiger partial charge on any atom is -0.314 e. The molecule has 4 heteroatoms. The fourth-order valence-electron chi connectivity index (χ4n) is 2.28. The van der Waals surface area contributed by atoms with Crippen molar-refractivity contribution >= 4 is 11.6 Å². The van der Waals surface area contributed by atoms with Gasteiger partial charge < -0.3 is 5.32 Å². The SMILES string of the molecule is CCNC(CCc1c(Cl)cnn1CC)C(C)(C)C. The molecule has 0 saturated carbocycles. The van der Waals surface area contributed by atoms with Crippen molar-refractivity contribution in [3.05, 3.63) is 16.9 Å². The van der Waals surface area contributed by atoms with E-state index >= 15 is 0 Å². The van der Waals surface area contributed by atoms with Crippen LogP contribution in [0.2, 0.25) is 5.02 Å². The maximum Gasteiger partial charge on any atom is 0.0817 e. The van der Waals surface area contributed by atoms with Gasteiger partial charge in [-0.2, -0.15) is 5.10 Å². The van der Waals surface area contributed by atoms with Gasteiger partial charge in [0.25, 0.3) is 0 Å². The van der Waals surface area contributed by atoms with Gasteiger partial charge in [0, 0.05) is 12.6 Å². The monoisotopic (exact) mass is 271 g/mol. The molecule has 0 amide bonds. The Balaban J connectivity index is 2.69. The number of rotatable bonds is 6. The normalized spacial score (nSPS) is 13.9. The third-order valence-corrected chi connectivity index (χ3v) is 3.68. The fourth-order valence-corrected chi connectivity index (χ4v) is 2.51. The smallest absolute Gasteiger partial charge is 0.0817 e. The van der Waals surface area contributed by atoms with Crippen molar-refractivity contribution in [1.82, 2.24) is 15.1 Å². The summed E-state index contributed by atoms with van der Waals surface area (Å²) in [4.78, 5) is 0. The zero-order chi connectivity index (χ0) is 13.8. The minimum absolute atomic E-state index is 0.263. The van der Waals surface area contributed by atoms with E-state index in [0.717, 1.165) is 36.6 Å². The topological polar surface area (TPSA) is 29.9 Å². The van der Waals surface area contributed by atoms with Gasteiger partial charge in [-0.05, 0) is 31.7 Å². The van der Waals surface area contributed by atoms with E-state index < -0.39 is 0 Å². The Morgan fingerprint density at radius 1 is 1.39 bits per heavy atom. The molecule has 1 aromatic rings. The lowest BCUT2D eigenvalue weighted by Crippen LogP contribution is -2.40. The summed E-state index contributed by atoms with van der Waals surface area (Å²) in [6.45, 7) is 13.0. The van der Waals surface area contributed by atoms with Crippen LogP contribution in [-0.4, -0.2) is 22.4 Å². The highest BCUT2D eigenvalue weighted by atomic mass is 35.5. The zero-order valence-electron chi connectivity index (χ0n) is 12.3. The highest BCUT2D eigenvalue weighted by molar-refractivity contribution is 6.31. The van der Waals surface area contributed by atoms with Crippen LogP contribution in [0.5, 0.6) is 0 Å². The number of aryl methyl sites for hydroxylation is 1. The maximum absolute atomic E-state index is 6.19. The minimum atomic E-state index is 0.263. The molecule has 18 heavy (non-hydrogen) atoms. The third kappa shape index (κ3) is 3.99. The zero-order valence-corrected chi connectivity index (χ0v) is 13.0. The summed E-state index contributed by atoms with van der Waals surface area (Å²) in [5.41, 5.74) is 1.42. The number of halogens is 1. The quantitative estimate of drug-likeness (QED) is 0.858. The van der Waals surface area contributed by atoms with Crippen molar-refractivity contribution in [2.24, 2.45) is 5.41 Å². The average molecular weight is 272 g/mol. The first-order chi connectivity index (χ1) is 8.40. The molecule has 1 heterocycles. The summed E-state index contributed by atoms with van der Waals surface area (Å²) < 4.78 is 1.99. The summed E-state index contributed by atoms with van der Waals surface area (Å²) in [7, 11) is 0. The second kappa shape index (κ2) is 6.58. The molecule has 0 saturated heterocycles. The summed E-state index contributed by atoms with van der Waals surface area (Å²) in [5.74, 6) is 0. The van der Waals surface area contributed by atoms with E-state index in [0.29, 0.717) is 6.04 Å². The summed E-state index contributed by atoms with van der Waals surface area (Å²) >= 11 is 6.19. The van der Waals surface area contributed by atoms with E-state index in [1.54, 1.807) is 6.20 Å². The molecule has 104 valence electrons. The first kappa shape index (κ1) is 15.5. The second-order valence-corrected chi connectivity index (χ2v) is 6.18. The molecule has 1 atom stereocenters. The van der Waals surface area contributed by atoms with Gasteiger partial charge in [-0.1, -0.05) is 39.3 Å². The van der Waals surface area contributed by atoms with Gasteiger partial charge in [-0.25, -0.2) is 0 Å². The first-order valence-electron chi connectivity index (χ1n) is 6.83. The number of hydrogen-bond donors (Lipinski definition) is 1. The molecule has 0 aromatic carbocycles. The Morgan fingerprint density at radius 2 is 2.06 bits per heavy atom. The Kier molecular flexibility index (Phi) is 5.67. The maximum atomic E-state index is 6.19. The van der Waals surface area contributed by atoms with Crippen molar-refractivity contribution in [3.8, 4) is 0 Å². The van der Waals surface area contributed by atoms with Crippen molar-refractivity contribution in [2.75, 3.05) is 6.54 Å². The predicted octanol–water partition coefficient (Wildman–Crippen LogP) is 3.51. The third-order valence-electron chi connectivity index (χ3n) is 3.36. The van der Waals surface area contributed by atoms with Gasteiger partial charge in [-0.3, -0.25) is 4.68 Å². The fraction of sp³-hybridized carbons (Fsp3) is 0.786. The van der Waals surface area contributed by atoms with Crippen LogP contribution < -0.4 is 5.32 Å². The van der Waals surface area contributed by atoms with Crippen LogP contribution in [0.1, 0.15) is 46.7 Å². The lowest BCUT2D eigenvalue weighted by Gasteiger charge is -2.31. The molecule has 0 radical (unpaired) electrons. The molecule has 0 bridgehead atoms. The van der Waals surface area contributed by atoms with Crippen LogP contribution in [0.4, 0.5) is 0 Å². The van der Waals surface area contributed by atoms with Crippen molar-refractivity contribution in [1.29, 1.82) is 0 Å². The molecular weight excluding hydrogens is 246 g/mol. The predicted molar refractivity (Wildman–Crippen MR) is 78.2 cm³/mol. The van der Waals surface area contributed by atoms with Crippen LogP contribution in [0.3, 0.4) is 0 Å². The molecular formula is C14H26ClN3. The van der Waals surface area contributed by atoms with E-state index in [1.807, 2.05) is 4.68 Å². The summed E-state index contributed by atoms with van der Waals surface area (Å²) in [6, 6.07) is 0.499. The Hall–Kier alpha value is -0.540. The molecule has 3 nitrogen and oxygen atoms in total. The Morgan fingerprint density at radius 3 is 2.56 bits per heavy atom. The lowest BCUT2D eigenvalue weighted by atomic mass is 9.83. The van der Waals surface area contributed by atoms with Crippen LogP contribution in [-0.2, 0) is 13.0 Å². The van der Waals surface area contributed by atoms with Gasteiger partial charge in [0.15, 0.2) is 0 Å². The van der Waals surface area contributed by atoms with E-state index in [9.17, 15) is 0 Å². The molecule has 1 N–H and O–H groups in total. The largest absolute Gasteiger partial charge is 0.314 e. The Labute approximate surface area is 116 Å². The van der Waals surface area contributed by atoms with Crippen LogP contribution in [0.25, 0.3) is 0 Å². The lowest BCUT2D eigenvalue weighted by molar-refractivity contribution is 0.257. The molecule has 0 spiro atoms. The highest BCUT2D eigenvalue weighted by Crippen LogP contribution is 2.25. The highest BCUT2D eigenvalue weighted by Gasteiger charge is 2.24. The summed E-state index contributed by atoms with van der Waals surface area (Å²) in [5, 5.41) is 8.65. The van der Waals surface area contributed by atoms with Gasteiger partial charge in [0.1, 0.15) is 0 Å². The van der Waals surface area contributed by atoms with Gasteiger partial charge in [0.05, 0.1) is 16.9 Å². The summed E-state index contributed by atoms with van der Waals surface area (Å²) in [6.07, 6.45) is 3.81. The van der Waals surface area contributed by atoms with E-state index in [-0.39, 0.29) is 5.41 Å².